The van der Waals surface area contributed by atoms with E-state index in [-0.39, 0.29) is 5.41 Å². The SMILES string of the molecule is CC(C)(C)c1ccc(N2CCC3(CCNC3)C2)nn1. The highest BCUT2D eigenvalue weighted by Gasteiger charge is 2.40. The zero-order valence-corrected chi connectivity index (χ0v) is 12.2. The van der Waals surface area contributed by atoms with Crippen molar-refractivity contribution in [3.05, 3.63) is 17.8 Å². The van der Waals surface area contributed by atoms with E-state index in [1.165, 1.54) is 19.4 Å². The Hall–Kier alpha value is -1.16. The third-order valence-electron chi connectivity index (χ3n) is 4.51. The summed E-state index contributed by atoms with van der Waals surface area (Å²) in [6.07, 6.45) is 2.58. The number of rotatable bonds is 1. The van der Waals surface area contributed by atoms with E-state index in [0.29, 0.717) is 5.41 Å². The summed E-state index contributed by atoms with van der Waals surface area (Å²) in [6.45, 7) is 11.1. The van der Waals surface area contributed by atoms with Gasteiger partial charge in [-0.3, -0.25) is 0 Å². The van der Waals surface area contributed by atoms with Crippen molar-refractivity contribution < 1.29 is 0 Å². The van der Waals surface area contributed by atoms with Gasteiger partial charge >= 0.3 is 0 Å². The van der Waals surface area contributed by atoms with Crippen LogP contribution in [0.4, 0.5) is 5.82 Å². The standard InChI is InChI=1S/C15H24N4/c1-14(2,3)12-4-5-13(18-17-12)19-9-7-15(11-19)6-8-16-10-15/h4-5,16H,6-11H2,1-3H3. The Morgan fingerprint density at radius 3 is 2.63 bits per heavy atom. The average molecular weight is 260 g/mol. The van der Waals surface area contributed by atoms with Crippen LogP contribution in [0, 0.1) is 5.41 Å². The third kappa shape index (κ3) is 2.46. The van der Waals surface area contributed by atoms with E-state index in [0.717, 1.165) is 31.1 Å². The Morgan fingerprint density at radius 2 is 2.05 bits per heavy atom. The minimum atomic E-state index is 0.0765. The Kier molecular flexibility index (Phi) is 3.01. The molecular weight excluding hydrogens is 236 g/mol. The van der Waals surface area contributed by atoms with Gasteiger partial charge in [0.2, 0.25) is 0 Å². The molecule has 2 aliphatic heterocycles. The fourth-order valence-electron chi connectivity index (χ4n) is 3.17. The van der Waals surface area contributed by atoms with Gasteiger partial charge in [-0.2, -0.15) is 5.10 Å². The quantitative estimate of drug-likeness (QED) is 0.838. The van der Waals surface area contributed by atoms with Gasteiger partial charge in [-0.05, 0) is 31.5 Å². The van der Waals surface area contributed by atoms with Crippen molar-refractivity contribution in [1.29, 1.82) is 0 Å². The molecule has 104 valence electrons. The van der Waals surface area contributed by atoms with Gasteiger partial charge in [0, 0.05) is 30.5 Å². The third-order valence-corrected chi connectivity index (χ3v) is 4.51. The Morgan fingerprint density at radius 1 is 1.21 bits per heavy atom. The first kappa shape index (κ1) is 12.9. The fraction of sp³-hybridized carbons (Fsp3) is 0.733. The fourth-order valence-corrected chi connectivity index (χ4v) is 3.17. The molecule has 2 fully saturated rings. The van der Waals surface area contributed by atoms with Crippen LogP contribution < -0.4 is 10.2 Å². The van der Waals surface area contributed by atoms with Crippen LogP contribution in [0.25, 0.3) is 0 Å². The zero-order valence-electron chi connectivity index (χ0n) is 12.2. The molecule has 1 aromatic rings. The predicted molar refractivity (Wildman–Crippen MR) is 77.5 cm³/mol. The van der Waals surface area contributed by atoms with Crippen LogP contribution in [0.5, 0.6) is 0 Å². The second kappa shape index (κ2) is 4.44. The Labute approximate surface area is 115 Å². The van der Waals surface area contributed by atoms with E-state index in [2.05, 4.69) is 53.3 Å². The molecule has 4 nitrogen and oxygen atoms in total. The maximum atomic E-state index is 4.44. The van der Waals surface area contributed by atoms with Crippen molar-refractivity contribution in [1.82, 2.24) is 15.5 Å². The molecule has 2 saturated heterocycles. The van der Waals surface area contributed by atoms with Crippen molar-refractivity contribution in [2.24, 2.45) is 5.41 Å². The highest BCUT2D eigenvalue weighted by molar-refractivity contribution is 5.40. The van der Waals surface area contributed by atoms with E-state index in [1.54, 1.807) is 0 Å². The lowest BCUT2D eigenvalue weighted by molar-refractivity contribution is 0.369. The summed E-state index contributed by atoms with van der Waals surface area (Å²) in [5.41, 5.74) is 1.63. The summed E-state index contributed by atoms with van der Waals surface area (Å²) in [7, 11) is 0. The second-order valence-corrected chi connectivity index (χ2v) is 7.13. The van der Waals surface area contributed by atoms with E-state index in [4.69, 9.17) is 0 Å². The summed E-state index contributed by atoms with van der Waals surface area (Å²) < 4.78 is 0. The van der Waals surface area contributed by atoms with E-state index in [1.807, 2.05) is 0 Å². The van der Waals surface area contributed by atoms with Crippen molar-refractivity contribution in [3.8, 4) is 0 Å². The van der Waals surface area contributed by atoms with Crippen molar-refractivity contribution >= 4 is 5.82 Å². The number of nitrogens with zero attached hydrogens (tertiary/aromatic N) is 3. The van der Waals surface area contributed by atoms with Crippen LogP contribution in [0.15, 0.2) is 12.1 Å². The van der Waals surface area contributed by atoms with Crippen LogP contribution in [-0.2, 0) is 5.41 Å². The molecule has 1 N–H and O–H groups in total. The molecule has 1 unspecified atom stereocenters. The molecule has 1 atom stereocenters. The van der Waals surface area contributed by atoms with Crippen molar-refractivity contribution in [2.45, 2.75) is 39.0 Å². The van der Waals surface area contributed by atoms with Gasteiger partial charge in [-0.1, -0.05) is 20.8 Å². The molecule has 1 spiro atoms. The van der Waals surface area contributed by atoms with Gasteiger partial charge in [0.05, 0.1) is 5.69 Å². The average Bonchev–Trinajstić information content (AvgIpc) is 3.00. The Bertz CT molecular complexity index is 440. The lowest BCUT2D eigenvalue weighted by Crippen LogP contribution is -2.29. The van der Waals surface area contributed by atoms with Crippen LogP contribution in [0.3, 0.4) is 0 Å². The largest absolute Gasteiger partial charge is 0.355 e. The van der Waals surface area contributed by atoms with Crippen molar-refractivity contribution in [3.63, 3.8) is 0 Å². The lowest BCUT2D eigenvalue weighted by Gasteiger charge is -2.23. The summed E-state index contributed by atoms with van der Waals surface area (Å²) in [4.78, 5) is 2.40. The molecule has 0 saturated carbocycles. The molecule has 19 heavy (non-hydrogen) atoms. The Balaban J connectivity index is 1.73. The maximum absolute atomic E-state index is 4.44. The molecule has 3 heterocycles. The number of hydrogen-bond acceptors (Lipinski definition) is 4. The van der Waals surface area contributed by atoms with Crippen LogP contribution >= 0.6 is 0 Å². The van der Waals surface area contributed by atoms with E-state index < -0.39 is 0 Å². The minimum absolute atomic E-state index is 0.0765. The summed E-state index contributed by atoms with van der Waals surface area (Å²) >= 11 is 0. The zero-order chi connectivity index (χ0) is 13.5. The summed E-state index contributed by atoms with van der Waals surface area (Å²) in [5, 5.41) is 12.3. The van der Waals surface area contributed by atoms with Gasteiger partial charge in [0.15, 0.2) is 5.82 Å². The highest BCUT2D eigenvalue weighted by atomic mass is 15.3. The van der Waals surface area contributed by atoms with Crippen LogP contribution in [0.1, 0.15) is 39.3 Å². The lowest BCUT2D eigenvalue weighted by atomic mass is 9.87. The molecule has 0 aromatic carbocycles. The van der Waals surface area contributed by atoms with Gasteiger partial charge in [0.1, 0.15) is 0 Å². The molecule has 0 radical (unpaired) electrons. The molecule has 3 rings (SSSR count). The predicted octanol–water partition coefficient (Wildman–Crippen LogP) is 1.96. The molecule has 4 heteroatoms. The molecule has 0 aliphatic carbocycles. The van der Waals surface area contributed by atoms with E-state index in [9.17, 15) is 0 Å². The topological polar surface area (TPSA) is 41.0 Å². The molecule has 0 bridgehead atoms. The first-order valence-electron chi connectivity index (χ1n) is 7.29. The van der Waals surface area contributed by atoms with Gasteiger partial charge in [-0.25, -0.2) is 0 Å². The normalized spacial score (nSPS) is 27.4. The minimum Gasteiger partial charge on any atom is -0.355 e. The number of aromatic nitrogens is 2. The van der Waals surface area contributed by atoms with Crippen LogP contribution in [-0.4, -0.2) is 36.4 Å². The van der Waals surface area contributed by atoms with E-state index >= 15 is 0 Å². The van der Waals surface area contributed by atoms with Gasteiger partial charge in [-0.15, -0.1) is 5.10 Å². The number of hydrogen-bond donors (Lipinski definition) is 1. The maximum Gasteiger partial charge on any atom is 0.151 e. The van der Waals surface area contributed by atoms with Gasteiger partial charge < -0.3 is 10.2 Å². The van der Waals surface area contributed by atoms with Gasteiger partial charge in [0.25, 0.3) is 0 Å². The van der Waals surface area contributed by atoms with Crippen molar-refractivity contribution in [2.75, 3.05) is 31.1 Å². The number of nitrogens with one attached hydrogen (secondary N) is 1. The highest BCUT2D eigenvalue weighted by Crippen LogP contribution is 2.37. The molecule has 2 aliphatic rings. The first-order chi connectivity index (χ1) is 8.99. The van der Waals surface area contributed by atoms with Crippen LogP contribution in [0.2, 0.25) is 0 Å². The molecule has 0 amide bonds. The first-order valence-corrected chi connectivity index (χ1v) is 7.29. The summed E-state index contributed by atoms with van der Waals surface area (Å²) in [5.74, 6) is 1.04. The molecule has 1 aromatic heterocycles. The number of anilines is 1. The summed E-state index contributed by atoms with van der Waals surface area (Å²) in [6, 6.07) is 4.26. The monoisotopic (exact) mass is 260 g/mol. The smallest absolute Gasteiger partial charge is 0.151 e. The second-order valence-electron chi connectivity index (χ2n) is 7.13. The molecular formula is C15H24N4.